The van der Waals surface area contributed by atoms with E-state index in [0.717, 1.165) is 25.0 Å². The predicted molar refractivity (Wildman–Crippen MR) is 70.2 cm³/mol. The number of nitrogens with one attached hydrogen (secondary N) is 1. The molecule has 1 aliphatic carbocycles. The zero-order valence-corrected chi connectivity index (χ0v) is 11.7. The second-order valence-corrected chi connectivity index (χ2v) is 6.79. The van der Waals surface area contributed by atoms with Crippen molar-refractivity contribution in [1.29, 1.82) is 0 Å². The highest BCUT2D eigenvalue weighted by Crippen LogP contribution is 2.27. The molecule has 0 saturated heterocycles. The molecule has 1 aromatic carbocycles. The molecule has 1 aromatic rings. The lowest BCUT2D eigenvalue weighted by molar-refractivity contribution is -0.385. The van der Waals surface area contributed by atoms with E-state index in [1.165, 1.54) is 0 Å². The molecule has 0 amide bonds. The summed E-state index contributed by atoms with van der Waals surface area (Å²) in [5.41, 5.74) is -0.476. The average molecular weight is 302 g/mol. The van der Waals surface area contributed by atoms with Crippen molar-refractivity contribution in [3.8, 4) is 0 Å². The summed E-state index contributed by atoms with van der Waals surface area (Å²) in [7, 11) is -3.99. The van der Waals surface area contributed by atoms with Crippen LogP contribution in [0.1, 0.15) is 26.2 Å². The molecule has 2 unspecified atom stereocenters. The number of non-ortho nitro benzene ring substituents is 1. The van der Waals surface area contributed by atoms with Crippen LogP contribution in [0.25, 0.3) is 0 Å². The molecule has 1 saturated carbocycles. The lowest BCUT2D eigenvalue weighted by atomic mass is 10.1. The minimum Gasteiger partial charge on any atom is -0.258 e. The third-order valence-electron chi connectivity index (χ3n) is 3.43. The van der Waals surface area contributed by atoms with Crippen LogP contribution in [0.4, 0.5) is 10.1 Å². The zero-order valence-electron chi connectivity index (χ0n) is 10.9. The second-order valence-electron chi connectivity index (χ2n) is 5.11. The van der Waals surface area contributed by atoms with Crippen LogP contribution in [0.15, 0.2) is 23.1 Å². The number of sulfonamides is 1. The highest BCUT2D eigenvalue weighted by atomic mass is 32.2. The van der Waals surface area contributed by atoms with E-state index in [1.54, 1.807) is 0 Å². The van der Waals surface area contributed by atoms with Gasteiger partial charge in [-0.3, -0.25) is 10.1 Å². The molecule has 1 N–H and O–H groups in total. The van der Waals surface area contributed by atoms with E-state index in [4.69, 9.17) is 0 Å². The van der Waals surface area contributed by atoms with E-state index in [0.29, 0.717) is 18.4 Å². The molecular weight excluding hydrogens is 287 g/mol. The normalized spacial score (nSPS) is 22.9. The predicted octanol–water partition coefficient (Wildman–Crippen LogP) is 2.20. The van der Waals surface area contributed by atoms with E-state index in [9.17, 15) is 22.9 Å². The van der Waals surface area contributed by atoms with Gasteiger partial charge >= 0.3 is 0 Å². The Labute approximate surface area is 116 Å². The Hall–Kier alpha value is -1.54. The lowest BCUT2D eigenvalue weighted by Gasteiger charge is -2.13. The van der Waals surface area contributed by atoms with Crippen molar-refractivity contribution >= 4 is 15.7 Å². The number of halogens is 1. The van der Waals surface area contributed by atoms with Crippen molar-refractivity contribution in [3.05, 3.63) is 34.1 Å². The highest BCUT2D eigenvalue weighted by Gasteiger charge is 2.28. The molecule has 2 rings (SSSR count). The maximum absolute atomic E-state index is 13.7. The smallest absolute Gasteiger partial charge is 0.258 e. The van der Waals surface area contributed by atoms with Crippen LogP contribution < -0.4 is 4.72 Å². The summed E-state index contributed by atoms with van der Waals surface area (Å²) in [6.07, 6.45) is 2.36. The molecule has 1 fully saturated rings. The van der Waals surface area contributed by atoms with Gasteiger partial charge in [0.2, 0.25) is 10.0 Å². The van der Waals surface area contributed by atoms with Crippen LogP contribution in [0, 0.1) is 21.8 Å². The maximum Gasteiger partial charge on any atom is 0.272 e. The number of nitro groups is 1. The fourth-order valence-electron chi connectivity index (χ4n) is 2.42. The Balaban J connectivity index is 2.23. The largest absolute Gasteiger partial charge is 0.272 e. The van der Waals surface area contributed by atoms with Crippen molar-refractivity contribution < 1.29 is 17.7 Å². The lowest BCUT2D eigenvalue weighted by Crippen LogP contribution is -2.33. The summed E-state index contributed by atoms with van der Waals surface area (Å²) in [6, 6.07) is 2.32. The first-order chi connectivity index (χ1) is 9.29. The first-order valence-electron chi connectivity index (χ1n) is 6.26. The highest BCUT2D eigenvalue weighted by molar-refractivity contribution is 7.89. The molecule has 1 aliphatic rings. The summed E-state index contributed by atoms with van der Waals surface area (Å²) in [4.78, 5) is 9.18. The average Bonchev–Trinajstić information content (AvgIpc) is 2.73. The quantitative estimate of drug-likeness (QED) is 0.682. The first kappa shape index (κ1) is 14.9. The van der Waals surface area contributed by atoms with Gasteiger partial charge in [0, 0.05) is 12.1 Å². The SMILES string of the molecule is CC1CCC(NS(=O)(=O)c2ccc([N+](=O)[O-])cc2F)C1. The van der Waals surface area contributed by atoms with E-state index in [-0.39, 0.29) is 6.04 Å². The Morgan fingerprint density at radius 3 is 2.60 bits per heavy atom. The van der Waals surface area contributed by atoms with E-state index in [2.05, 4.69) is 4.72 Å². The van der Waals surface area contributed by atoms with Gasteiger partial charge in [0.25, 0.3) is 5.69 Å². The fourth-order valence-corrected chi connectivity index (χ4v) is 3.76. The molecule has 0 heterocycles. The summed E-state index contributed by atoms with van der Waals surface area (Å²) >= 11 is 0. The minimum absolute atomic E-state index is 0.204. The van der Waals surface area contributed by atoms with E-state index in [1.807, 2.05) is 6.92 Å². The maximum atomic E-state index is 13.7. The van der Waals surface area contributed by atoms with Crippen molar-refractivity contribution in [3.63, 3.8) is 0 Å². The van der Waals surface area contributed by atoms with Gasteiger partial charge in [0.15, 0.2) is 0 Å². The van der Waals surface area contributed by atoms with Crippen molar-refractivity contribution in [1.82, 2.24) is 4.72 Å². The van der Waals surface area contributed by atoms with Crippen LogP contribution >= 0.6 is 0 Å². The van der Waals surface area contributed by atoms with Gasteiger partial charge in [-0.2, -0.15) is 0 Å². The summed E-state index contributed by atoms with van der Waals surface area (Å²) in [6.45, 7) is 2.03. The molecule has 2 atom stereocenters. The summed E-state index contributed by atoms with van der Waals surface area (Å²) in [5.74, 6) is -0.679. The summed E-state index contributed by atoms with van der Waals surface area (Å²) in [5, 5.41) is 10.5. The molecule has 6 nitrogen and oxygen atoms in total. The Morgan fingerprint density at radius 2 is 2.10 bits per heavy atom. The van der Waals surface area contributed by atoms with Crippen molar-refractivity contribution in [2.75, 3.05) is 0 Å². The summed E-state index contributed by atoms with van der Waals surface area (Å²) < 4.78 is 40.3. The minimum atomic E-state index is -3.99. The van der Waals surface area contributed by atoms with Gasteiger partial charge in [0.1, 0.15) is 10.7 Å². The van der Waals surface area contributed by atoms with Crippen molar-refractivity contribution in [2.24, 2.45) is 5.92 Å². The van der Waals surface area contributed by atoms with Crippen LogP contribution in [0.3, 0.4) is 0 Å². The molecule has 0 bridgehead atoms. The Kier molecular flexibility index (Phi) is 4.05. The van der Waals surface area contributed by atoms with Crippen LogP contribution in [-0.4, -0.2) is 19.4 Å². The third-order valence-corrected chi connectivity index (χ3v) is 4.99. The standard InChI is InChI=1S/C12H15FN2O4S/c1-8-2-3-9(6-8)14-20(18,19)12-5-4-10(15(16)17)7-11(12)13/h4-5,7-9,14H,2-3,6H2,1H3. The van der Waals surface area contributed by atoms with Gasteiger partial charge < -0.3 is 0 Å². The second kappa shape index (κ2) is 5.45. The van der Waals surface area contributed by atoms with Gasteiger partial charge in [0.05, 0.1) is 11.0 Å². The van der Waals surface area contributed by atoms with Gasteiger partial charge in [-0.1, -0.05) is 6.92 Å². The monoisotopic (exact) mass is 302 g/mol. The first-order valence-corrected chi connectivity index (χ1v) is 7.74. The number of hydrogen-bond donors (Lipinski definition) is 1. The van der Waals surface area contributed by atoms with Crippen LogP contribution in [-0.2, 0) is 10.0 Å². The topological polar surface area (TPSA) is 89.3 Å². The molecule has 0 aliphatic heterocycles. The number of nitrogens with zero attached hydrogens (tertiary/aromatic N) is 1. The third kappa shape index (κ3) is 3.13. The molecule has 110 valence electrons. The molecule has 20 heavy (non-hydrogen) atoms. The van der Waals surface area contributed by atoms with Gasteiger partial charge in [-0.25, -0.2) is 17.5 Å². The fraction of sp³-hybridized carbons (Fsp3) is 0.500. The molecule has 8 heteroatoms. The number of hydrogen-bond acceptors (Lipinski definition) is 4. The van der Waals surface area contributed by atoms with Crippen LogP contribution in [0.5, 0.6) is 0 Å². The van der Waals surface area contributed by atoms with E-state index >= 15 is 0 Å². The molecule has 0 radical (unpaired) electrons. The van der Waals surface area contributed by atoms with Crippen LogP contribution in [0.2, 0.25) is 0 Å². The Bertz CT molecular complexity index is 632. The van der Waals surface area contributed by atoms with Gasteiger partial charge in [-0.15, -0.1) is 0 Å². The van der Waals surface area contributed by atoms with E-state index < -0.39 is 31.3 Å². The molecule has 0 aromatic heterocycles. The zero-order chi connectivity index (χ0) is 14.9. The van der Waals surface area contributed by atoms with Gasteiger partial charge in [-0.05, 0) is 31.2 Å². The number of nitro benzene ring substituents is 1. The Morgan fingerprint density at radius 1 is 1.40 bits per heavy atom. The molecular formula is C12H15FN2O4S. The number of rotatable bonds is 4. The van der Waals surface area contributed by atoms with Crippen molar-refractivity contribution in [2.45, 2.75) is 37.1 Å². The number of benzene rings is 1. The molecule has 0 spiro atoms.